The van der Waals surface area contributed by atoms with Gasteiger partial charge in [-0.05, 0) is 43.7 Å². The topological polar surface area (TPSA) is 75.6 Å². The molecule has 1 atom stereocenters. The van der Waals surface area contributed by atoms with E-state index in [9.17, 15) is 9.59 Å². The first-order valence-corrected chi connectivity index (χ1v) is 7.13. The number of aliphatic carboxylic acids is 1. The van der Waals surface area contributed by atoms with E-state index in [1.165, 1.54) is 0 Å². The summed E-state index contributed by atoms with van der Waals surface area (Å²) >= 11 is 0. The number of unbranched alkanes of at least 4 members (excludes halogenated alkanes) is 1. The van der Waals surface area contributed by atoms with E-state index >= 15 is 0 Å². The average Bonchev–Trinajstić information content (AvgIpc) is 2.45. The van der Waals surface area contributed by atoms with E-state index in [-0.39, 0.29) is 12.2 Å². The number of ketones is 1. The molecule has 0 bridgehead atoms. The Labute approximate surface area is 125 Å². The van der Waals surface area contributed by atoms with Crippen molar-refractivity contribution < 1.29 is 19.4 Å². The molecule has 21 heavy (non-hydrogen) atoms. The van der Waals surface area contributed by atoms with E-state index in [1.54, 1.807) is 25.3 Å². The van der Waals surface area contributed by atoms with Gasteiger partial charge in [0.2, 0.25) is 0 Å². The number of carboxylic acid groups (broad SMARTS) is 1. The highest BCUT2D eigenvalue weighted by Crippen LogP contribution is 2.19. The molecule has 0 aromatic heterocycles. The lowest BCUT2D eigenvalue weighted by Crippen LogP contribution is -2.39. The summed E-state index contributed by atoms with van der Waals surface area (Å²) in [7, 11) is 1.57. The Morgan fingerprint density at radius 3 is 2.62 bits per heavy atom. The summed E-state index contributed by atoms with van der Waals surface area (Å²) in [5.74, 6) is -0.470. The van der Waals surface area contributed by atoms with Gasteiger partial charge in [-0.3, -0.25) is 9.59 Å². The van der Waals surface area contributed by atoms with Gasteiger partial charge < -0.3 is 15.2 Å². The zero-order valence-electron chi connectivity index (χ0n) is 12.8. The third-order valence-electron chi connectivity index (χ3n) is 3.30. The largest absolute Gasteiger partial charge is 0.496 e. The van der Waals surface area contributed by atoms with Crippen molar-refractivity contribution in [1.82, 2.24) is 5.32 Å². The lowest BCUT2D eigenvalue weighted by molar-refractivity contribution is -0.137. The van der Waals surface area contributed by atoms with Crippen LogP contribution in [-0.4, -0.2) is 36.6 Å². The summed E-state index contributed by atoms with van der Waals surface area (Å²) in [6.45, 7) is 4.53. The Bertz CT molecular complexity index is 499. The molecule has 0 aliphatic carbocycles. The van der Waals surface area contributed by atoms with Crippen molar-refractivity contribution in [3.05, 3.63) is 29.3 Å². The lowest BCUT2D eigenvalue weighted by atomic mass is 9.99. The smallest absolute Gasteiger partial charge is 0.305 e. The Morgan fingerprint density at radius 1 is 1.38 bits per heavy atom. The Hall–Kier alpha value is -1.88. The highest BCUT2D eigenvalue weighted by Gasteiger charge is 2.22. The number of carbonyl (C=O) groups is 2. The average molecular weight is 293 g/mol. The van der Waals surface area contributed by atoms with Crippen molar-refractivity contribution in [3.8, 4) is 5.75 Å². The van der Waals surface area contributed by atoms with Crippen LogP contribution in [-0.2, 0) is 4.79 Å². The number of hydrogen-bond acceptors (Lipinski definition) is 4. The number of Topliss-reactive ketones (excluding diaryl/α,β-unsaturated/α-hetero) is 1. The van der Waals surface area contributed by atoms with Crippen molar-refractivity contribution in [1.29, 1.82) is 0 Å². The molecule has 0 fully saturated rings. The quantitative estimate of drug-likeness (QED) is 0.540. The number of aryl methyl sites for hydroxylation is 1. The zero-order valence-corrected chi connectivity index (χ0v) is 12.8. The van der Waals surface area contributed by atoms with Crippen LogP contribution in [0.3, 0.4) is 0 Å². The summed E-state index contributed by atoms with van der Waals surface area (Å²) in [5, 5.41) is 12.0. The van der Waals surface area contributed by atoms with Gasteiger partial charge in [-0.2, -0.15) is 0 Å². The molecular weight excluding hydrogens is 270 g/mol. The minimum atomic E-state index is -0.984. The van der Waals surface area contributed by atoms with Gasteiger partial charge >= 0.3 is 5.97 Å². The normalized spacial score (nSPS) is 12.0. The predicted molar refractivity (Wildman–Crippen MR) is 81.0 cm³/mol. The number of ether oxygens (including phenoxy) is 1. The molecule has 0 aliphatic rings. The summed E-state index contributed by atoms with van der Waals surface area (Å²) in [5.41, 5.74) is 1.36. The second-order valence-electron chi connectivity index (χ2n) is 5.01. The highest BCUT2D eigenvalue weighted by molar-refractivity contribution is 6.02. The standard InChI is InChI=1S/C16H23NO4/c1-4-5-8-17-13(10-15(18)19)16(20)12-6-7-14(21-3)11(2)9-12/h6-7,9,13,17H,4-5,8,10H2,1-3H3,(H,18,19). The minimum Gasteiger partial charge on any atom is -0.496 e. The molecule has 0 amide bonds. The van der Waals surface area contributed by atoms with E-state index in [1.807, 2.05) is 13.8 Å². The van der Waals surface area contributed by atoms with E-state index in [0.717, 1.165) is 18.4 Å². The van der Waals surface area contributed by atoms with Crippen LogP contribution in [0.15, 0.2) is 18.2 Å². The first-order valence-electron chi connectivity index (χ1n) is 7.13. The van der Waals surface area contributed by atoms with Crippen LogP contribution < -0.4 is 10.1 Å². The summed E-state index contributed by atoms with van der Waals surface area (Å²) in [6, 6.07) is 4.44. The van der Waals surface area contributed by atoms with Gasteiger partial charge in [0.25, 0.3) is 0 Å². The summed E-state index contributed by atoms with van der Waals surface area (Å²) in [4.78, 5) is 23.4. The Kier molecular flexibility index (Phi) is 6.88. The minimum absolute atomic E-state index is 0.195. The van der Waals surface area contributed by atoms with Crippen molar-refractivity contribution in [2.24, 2.45) is 0 Å². The molecule has 0 aliphatic heterocycles. The van der Waals surface area contributed by atoms with Crippen LogP contribution >= 0.6 is 0 Å². The third-order valence-corrected chi connectivity index (χ3v) is 3.30. The second kappa shape index (κ2) is 8.42. The maximum absolute atomic E-state index is 12.5. The molecule has 5 nitrogen and oxygen atoms in total. The fourth-order valence-electron chi connectivity index (χ4n) is 2.12. The molecule has 5 heteroatoms. The van der Waals surface area contributed by atoms with E-state index in [4.69, 9.17) is 9.84 Å². The summed E-state index contributed by atoms with van der Waals surface area (Å²) < 4.78 is 5.16. The van der Waals surface area contributed by atoms with Crippen LogP contribution in [0, 0.1) is 6.92 Å². The molecule has 2 N–H and O–H groups in total. The predicted octanol–water partition coefficient (Wildman–Crippen LogP) is 2.42. The van der Waals surface area contributed by atoms with Gasteiger partial charge in [0.1, 0.15) is 5.75 Å². The fourth-order valence-corrected chi connectivity index (χ4v) is 2.12. The van der Waals surface area contributed by atoms with E-state index in [0.29, 0.717) is 17.9 Å². The SMILES string of the molecule is CCCCNC(CC(=O)O)C(=O)c1ccc(OC)c(C)c1. The maximum atomic E-state index is 12.5. The molecule has 1 rings (SSSR count). The molecule has 0 radical (unpaired) electrons. The number of rotatable bonds is 9. The van der Waals surface area contributed by atoms with E-state index in [2.05, 4.69) is 5.32 Å². The van der Waals surface area contributed by atoms with Crippen LogP contribution in [0.4, 0.5) is 0 Å². The molecular formula is C16H23NO4. The number of benzene rings is 1. The molecule has 0 saturated carbocycles. The van der Waals surface area contributed by atoms with Crippen LogP contribution in [0.25, 0.3) is 0 Å². The monoisotopic (exact) mass is 293 g/mol. The highest BCUT2D eigenvalue weighted by atomic mass is 16.5. The van der Waals surface area contributed by atoms with Crippen molar-refractivity contribution in [2.75, 3.05) is 13.7 Å². The van der Waals surface area contributed by atoms with Gasteiger partial charge in [0.15, 0.2) is 5.78 Å². The van der Waals surface area contributed by atoms with Gasteiger partial charge in [-0.25, -0.2) is 0 Å². The lowest BCUT2D eigenvalue weighted by Gasteiger charge is -2.16. The van der Waals surface area contributed by atoms with Gasteiger partial charge in [0, 0.05) is 5.56 Å². The van der Waals surface area contributed by atoms with Gasteiger partial charge in [0.05, 0.1) is 19.6 Å². The van der Waals surface area contributed by atoms with Crippen molar-refractivity contribution in [2.45, 2.75) is 39.2 Å². The number of carboxylic acids is 1. The Morgan fingerprint density at radius 2 is 2.10 bits per heavy atom. The molecule has 0 spiro atoms. The van der Waals surface area contributed by atoms with Crippen molar-refractivity contribution in [3.63, 3.8) is 0 Å². The maximum Gasteiger partial charge on any atom is 0.305 e. The fraction of sp³-hybridized carbons (Fsp3) is 0.500. The van der Waals surface area contributed by atoms with Crippen LogP contribution in [0.5, 0.6) is 5.75 Å². The molecule has 1 aromatic rings. The Balaban J connectivity index is 2.87. The first kappa shape index (κ1) is 17.2. The second-order valence-corrected chi connectivity index (χ2v) is 5.01. The number of nitrogens with one attached hydrogen (secondary N) is 1. The first-order chi connectivity index (χ1) is 9.99. The van der Waals surface area contributed by atoms with Crippen LogP contribution in [0.2, 0.25) is 0 Å². The number of hydrogen-bond donors (Lipinski definition) is 2. The van der Waals surface area contributed by atoms with E-state index < -0.39 is 12.0 Å². The van der Waals surface area contributed by atoms with Crippen molar-refractivity contribution >= 4 is 11.8 Å². The van der Waals surface area contributed by atoms with Crippen LogP contribution in [0.1, 0.15) is 42.1 Å². The molecule has 0 heterocycles. The molecule has 0 saturated heterocycles. The number of methoxy groups -OCH3 is 1. The number of carbonyl (C=O) groups excluding carboxylic acids is 1. The van der Waals surface area contributed by atoms with Gasteiger partial charge in [-0.15, -0.1) is 0 Å². The zero-order chi connectivity index (χ0) is 15.8. The molecule has 116 valence electrons. The van der Waals surface area contributed by atoms with Gasteiger partial charge in [-0.1, -0.05) is 13.3 Å². The third kappa shape index (κ3) is 5.19. The summed E-state index contributed by atoms with van der Waals surface area (Å²) in [6.07, 6.45) is 1.68. The molecule has 1 aromatic carbocycles. The molecule has 1 unspecified atom stereocenters.